The Morgan fingerprint density at radius 3 is 2.50 bits per heavy atom. The minimum absolute atomic E-state index is 0.0654. The molecule has 0 bridgehead atoms. The van der Waals surface area contributed by atoms with E-state index in [0.29, 0.717) is 11.4 Å². The van der Waals surface area contributed by atoms with Crippen LogP contribution in [-0.4, -0.2) is 16.9 Å². The molecule has 1 fully saturated rings. The number of anilines is 2. The van der Waals surface area contributed by atoms with E-state index in [1.54, 1.807) is 18.3 Å². The van der Waals surface area contributed by atoms with Crippen LogP contribution >= 0.6 is 0 Å². The van der Waals surface area contributed by atoms with Crippen LogP contribution in [0.1, 0.15) is 56.3 Å². The fourth-order valence-corrected chi connectivity index (χ4v) is 3.57. The van der Waals surface area contributed by atoms with Crippen molar-refractivity contribution in [1.29, 1.82) is 0 Å². The Kier molecular flexibility index (Phi) is 6.63. The molecule has 28 heavy (non-hydrogen) atoms. The summed E-state index contributed by atoms with van der Waals surface area (Å²) in [7, 11) is 0. The molecule has 1 saturated carbocycles. The van der Waals surface area contributed by atoms with Gasteiger partial charge in [0.1, 0.15) is 0 Å². The molecule has 1 unspecified atom stereocenters. The Hall–Kier alpha value is -2.89. The molecule has 3 amide bonds. The Morgan fingerprint density at radius 1 is 1.11 bits per heavy atom. The highest BCUT2D eigenvalue weighted by atomic mass is 16.2. The van der Waals surface area contributed by atoms with Crippen molar-refractivity contribution < 1.29 is 9.59 Å². The van der Waals surface area contributed by atoms with Gasteiger partial charge in [0.25, 0.3) is 0 Å². The predicted molar refractivity (Wildman–Crippen MR) is 111 cm³/mol. The number of hydrogen-bond donors (Lipinski definition) is 3. The Labute approximate surface area is 166 Å². The summed E-state index contributed by atoms with van der Waals surface area (Å²) in [6.07, 6.45) is 6.64. The lowest BCUT2D eigenvalue weighted by molar-refractivity contribution is -0.119. The third-order valence-electron chi connectivity index (χ3n) is 5.12. The van der Waals surface area contributed by atoms with Gasteiger partial charge in [0.15, 0.2) is 0 Å². The number of hydrogen-bond acceptors (Lipinski definition) is 3. The first-order valence-corrected chi connectivity index (χ1v) is 9.96. The molecule has 1 aromatic carbocycles. The number of aryl methyl sites for hydroxylation is 1. The molecule has 1 aliphatic carbocycles. The van der Waals surface area contributed by atoms with Crippen LogP contribution in [0.3, 0.4) is 0 Å². The van der Waals surface area contributed by atoms with E-state index in [0.717, 1.165) is 43.4 Å². The zero-order valence-electron chi connectivity index (χ0n) is 16.5. The van der Waals surface area contributed by atoms with Crippen molar-refractivity contribution in [2.24, 2.45) is 5.92 Å². The standard InChI is InChI=1S/C22H28N4O2/c1-3-19(20-13-15(2)11-12-23-20)26-22(28)25-18-10-6-9-17(14-18)24-21(27)16-7-4-5-8-16/h6,9-14,16,19H,3-5,7-8H2,1-2H3,(H,24,27)(H2,25,26,28). The van der Waals surface area contributed by atoms with Crippen LogP contribution in [0.5, 0.6) is 0 Å². The van der Waals surface area contributed by atoms with Crippen LogP contribution in [0.2, 0.25) is 0 Å². The molecule has 1 aromatic heterocycles. The molecule has 6 heteroatoms. The van der Waals surface area contributed by atoms with Crippen LogP contribution in [-0.2, 0) is 4.79 Å². The maximum Gasteiger partial charge on any atom is 0.319 e. The van der Waals surface area contributed by atoms with Crippen LogP contribution in [0.15, 0.2) is 42.6 Å². The lowest BCUT2D eigenvalue weighted by Crippen LogP contribution is -2.32. The second kappa shape index (κ2) is 9.35. The molecule has 2 aromatic rings. The zero-order chi connectivity index (χ0) is 19.9. The van der Waals surface area contributed by atoms with Crippen molar-refractivity contribution in [3.05, 3.63) is 53.9 Å². The molecule has 0 aliphatic heterocycles. The van der Waals surface area contributed by atoms with E-state index in [9.17, 15) is 9.59 Å². The number of benzene rings is 1. The third kappa shape index (κ3) is 5.31. The maximum absolute atomic E-state index is 12.4. The summed E-state index contributed by atoms with van der Waals surface area (Å²) in [6.45, 7) is 4.01. The van der Waals surface area contributed by atoms with Gasteiger partial charge >= 0.3 is 6.03 Å². The van der Waals surface area contributed by atoms with Crippen molar-refractivity contribution in [2.75, 3.05) is 10.6 Å². The van der Waals surface area contributed by atoms with Gasteiger partial charge < -0.3 is 16.0 Å². The third-order valence-corrected chi connectivity index (χ3v) is 5.12. The average Bonchev–Trinajstić information content (AvgIpc) is 3.21. The van der Waals surface area contributed by atoms with Gasteiger partial charge in [0.2, 0.25) is 5.91 Å². The van der Waals surface area contributed by atoms with Gasteiger partial charge in [-0.2, -0.15) is 0 Å². The number of urea groups is 1. The predicted octanol–water partition coefficient (Wildman–Crippen LogP) is 4.79. The Morgan fingerprint density at radius 2 is 1.82 bits per heavy atom. The molecule has 1 aliphatic rings. The molecule has 148 valence electrons. The Bertz CT molecular complexity index is 831. The maximum atomic E-state index is 12.4. The molecule has 0 spiro atoms. The number of nitrogens with zero attached hydrogens (tertiary/aromatic N) is 1. The molecular formula is C22H28N4O2. The van der Waals surface area contributed by atoms with Crippen molar-refractivity contribution in [3.63, 3.8) is 0 Å². The van der Waals surface area contributed by atoms with Gasteiger partial charge in [0, 0.05) is 23.5 Å². The topological polar surface area (TPSA) is 83.1 Å². The van der Waals surface area contributed by atoms with Crippen LogP contribution in [0, 0.1) is 12.8 Å². The highest BCUT2D eigenvalue weighted by molar-refractivity contribution is 5.94. The number of amides is 3. The summed E-state index contributed by atoms with van der Waals surface area (Å²) in [5.41, 5.74) is 3.28. The van der Waals surface area contributed by atoms with Gasteiger partial charge in [0.05, 0.1) is 11.7 Å². The van der Waals surface area contributed by atoms with Crippen LogP contribution < -0.4 is 16.0 Å². The molecule has 0 radical (unpaired) electrons. The lowest BCUT2D eigenvalue weighted by atomic mass is 10.1. The number of pyridine rings is 1. The first-order chi connectivity index (χ1) is 13.5. The van der Waals surface area contributed by atoms with E-state index in [1.807, 2.05) is 38.1 Å². The Balaban J connectivity index is 1.59. The zero-order valence-corrected chi connectivity index (χ0v) is 16.5. The van der Waals surface area contributed by atoms with E-state index in [1.165, 1.54) is 0 Å². The normalized spacial score (nSPS) is 15.1. The quantitative estimate of drug-likeness (QED) is 0.674. The summed E-state index contributed by atoms with van der Waals surface area (Å²) in [6, 6.07) is 10.7. The van der Waals surface area contributed by atoms with E-state index >= 15 is 0 Å². The highest BCUT2D eigenvalue weighted by Gasteiger charge is 2.22. The van der Waals surface area contributed by atoms with Gasteiger partial charge in [-0.05, 0) is 62.1 Å². The fourth-order valence-electron chi connectivity index (χ4n) is 3.57. The van der Waals surface area contributed by atoms with E-state index in [-0.39, 0.29) is 23.9 Å². The van der Waals surface area contributed by atoms with Crippen molar-refractivity contribution in [1.82, 2.24) is 10.3 Å². The monoisotopic (exact) mass is 380 g/mol. The summed E-state index contributed by atoms with van der Waals surface area (Å²) >= 11 is 0. The molecule has 6 nitrogen and oxygen atoms in total. The molecule has 3 N–H and O–H groups in total. The van der Waals surface area contributed by atoms with Gasteiger partial charge in [-0.25, -0.2) is 4.79 Å². The molecule has 0 saturated heterocycles. The van der Waals surface area contributed by atoms with E-state index < -0.39 is 0 Å². The second-order valence-electron chi connectivity index (χ2n) is 7.37. The highest BCUT2D eigenvalue weighted by Crippen LogP contribution is 2.26. The first kappa shape index (κ1) is 19.9. The average molecular weight is 380 g/mol. The van der Waals surface area contributed by atoms with Crippen molar-refractivity contribution >= 4 is 23.3 Å². The summed E-state index contributed by atoms with van der Waals surface area (Å²) in [5, 5.41) is 8.77. The molecule has 1 heterocycles. The number of nitrogens with one attached hydrogen (secondary N) is 3. The lowest BCUT2D eigenvalue weighted by Gasteiger charge is -2.18. The number of rotatable bonds is 6. The van der Waals surface area contributed by atoms with Gasteiger partial charge in [-0.1, -0.05) is 25.8 Å². The van der Waals surface area contributed by atoms with Gasteiger partial charge in [-0.15, -0.1) is 0 Å². The molecule has 3 rings (SSSR count). The minimum Gasteiger partial charge on any atom is -0.330 e. The summed E-state index contributed by atoms with van der Waals surface area (Å²) in [4.78, 5) is 29.1. The second-order valence-corrected chi connectivity index (χ2v) is 7.37. The largest absolute Gasteiger partial charge is 0.330 e. The SMILES string of the molecule is CCC(NC(=O)Nc1cccc(NC(=O)C2CCCC2)c1)c1cc(C)ccn1. The smallest absolute Gasteiger partial charge is 0.319 e. The van der Waals surface area contributed by atoms with Crippen LogP contribution in [0.4, 0.5) is 16.2 Å². The van der Waals surface area contributed by atoms with Crippen molar-refractivity contribution in [2.45, 2.75) is 52.0 Å². The number of aromatic nitrogens is 1. The number of carbonyl (C=O) groups is 2. The fraction of sp³-hybridized carbons (Fsp3) is 0.409. The minimum atomic E-state index is -0.297. The molecular weight excluding hydrogens is 352 g/mol. The van der Waals surface area contributed by atoms with Gasteiger partial charge in [-0.3, -0.25) is 9.78 Å². The van der Waals surface area contributed by atoms with E-state index in [2.05, 4.69) is 20.9 Å². The summed E-state index contributed by atoms with van der Waals surface area (Å²) < 4.78 is 0. The number of carbonyl (C=O) groups excluding carboxylic acids is 2. The van der Waals surface area contributed by atoms with Crippen LogP contribution in [0.25, 0.3) is 0 Å². The summed E-state index contributed by atoms with van der Waals surface area (Å²) in [5.74, 6) is 0.169. The van der Waals surface area contributed by atoms with E-state index in [4.69, 9.17) is 0 Å². The van der Waals surface area contributed by atoms with Crippen molar-refractivity contribution in [3.8, 4) is 0 Å². The molecule has 1 atom stereocenters. The first-order valence-electron chi connectivity index (χ1n) is 9.96.